The van der Waals surface area contributed by atoms with Crippen LogP contribution in [0.2, 0.25) is 0 Å². The van der Waals surface area contributed by atoms with Gasteiger partial charge in [0.2, 0.25) is 0 Å². The van der Waals surface area contributed by atoms with Crippen molar-refractivity contribution in [1.29, 1.82) is 0 Å². The van der Waals surface area contributed by atoms with Crippen molar-refractivity contribution in [3.63, 3.8) is 0 Å². The number of benzene rings is 2. The third kappa shape index (κ3) is 5.84. The average molecular weight is 446 g/mol. The molecule has 5 rings (SSSR count). The Bertz CT molecular complexity index is 815. The smallest absolute Gasteiger partial charge is 0.0253 e. The van der Waals surface area contributed by atoms with E-state index in [1.165, 1.54) is 65.5 Å². The zero-order chi connectivity index (χ0) is 19.9. The molecule has 0 radical (unpaired) electrons. The van der Waals surface area contributed by atoms with Crippen LogP contribution in [0.4, 0.5) is 0 Å². The van der Waals surface area contributed by atoms with Crippen molar-refractivity contribution < 1.29 is 24.2 Å². The van der Waals surface area contributed by atoms with Crippen molar-refractivity contribution in [3.8, 4) is 11.1 Å². The Kier molecular flexibility index (Phi) is 7.98. The first-order valence-electron chi connectivity index (χ1n) is 10.5. The summed E-state index contributed by atoms with van der Waals surface area (Å²) in [7, 11) is 0. The van der Waals surface area contributed by atoms with Gasteiger partial charge in [-0.05, 0) is 6.42 Å². The maximum absolute atomic E-state index is 3.30. The quantitative estimate of drug-likeness (QED) is 0.325. The van der Waals surface area contributed by atoms with Crippen molar-refractivity contribution in [2.75, 3.05) is 0 Å². The molecule has 0 saturated heterocycles. The Morgan fingerprint density at radius 3 is 2.21 bits per heavy atom. The van der Waals surface area contributed by atoms with Gasteiger partial charge in [-0.25, -0.2) is 11.1 Å². The molecule has 0 spiro atoms. The summed E-state index contributed by atoms with van der Waals surface area (Å²) in [5.74, 6) is 0.551. The second-order valence-corrected chi connectivity index (χ2v) is 9.71. The Morgan fingerprint density at radius 2 is 1.64 bits per heavy atom. The van der Waals surface area contributed by atoms with E-state index in [1.807, 2.05) is 6.07 Å². The summed E-state index contributed by atoms with van der Waals surface area (Å²) in [6.45, 7) is 6.39. The molecular formula is C27H30Zr. The summed E-state index contributed by atoms with van der Waals surface area (Å²) in [6, 6.07) is 18.1. The molecule has 142 valence electrons. The standard InChI is InChI=1S/C13H9.C8H11.C6H10.Zr/c1-3-7-12-10(5-1)9-11-6-2-4-8-13(11)12;1-6-4-7(2)8(3)5-6;1-2-4-6-5-3-1;/h1-5,7-8H,9H2;4,6H,1-3H3;1-5H2;/q2*-1;;+2. The normalized spacial score (nSPS) is 19.3. The number of hydrogen-bond acceptors (Lipinski definition) is 0. The van der Waals surface area contributed by atoms with Crippen molar-refractivity contribution in [3.05, 3.63) is 83.0 Å². The molecule has 1 fully saturated rings. The first kappa shape index (κ1) is 21.4. The zero-order valence-corrected chi connectivity index (χ0v) is 19.9. The largest absolute Gasteiger partial charge is 0.179 e. The minimum Gasteiger partial charge on any atom is -0.179 e. The van der Waals surface area contributed by atoms with E-state index in [2.05, 4.69) is 75.4 Å². The molecule has 0 amide bonds. The van der Waals surface area contributed by atoms with Gasteiger partial charge in [-0.3, -0.25) is 6.08 Å². The van der Waals surface area contributed by atoms with Gasteiger partial charge in [-0.2, -0.15) is 35.9 Å². The van der Waals surface area contributed by atoms with E-state index in [0.29, 0.717) is 5.92 Å². The zero-order valence-electron chi connectivity index (χ0n) is 17.4. The third-order valence-electron chi connectivity index (χ3n) is 5.61. The number of allylic oxidation sites excluding steroid dienone is 4. The Labute approximate surface area is 186 Å². The minimum atomic E-state index is 0.551. The van der Waals surface area contributed by atoms with Crippen LogP contribution < -0.4 is 0 Å². The van der Waals surface area contributed by atoms with Crippen LogP contribution in [-0.2, 0) is 30.7 Å². The van der Waals surface area contributed by atoms with Gasteiger partial charge in [0.05, 0.1) is 0 Å². The van der Waals surface area contributed by atoms with Crippen LogP contribution in [-0.4, -0.2) is 3.21 Å². The molecule has 28 heavy (non-hydrogen) atoms. The minimum absolute atomic E-state index is 0.551. The topological polar surface area (TPSA) is 0 Å². The summed E-state index contributed by atoms with van der Waals surface area (Å²) >= 11 is 1.69. The van der Waals surface area contributed by atoms with Gasteiger partial charge in [0.1, 0.15) is 0 Å². The van der Waals surface area contributed by atoms with Gasteiger partial charge >= 0.3 is 59.5 Å². The van der Waals surface area contributed by atoms with Crippen LogP contribution in [0.1, 0.15) is 64.0 Å². The molecule has 2 aromatic carbocycles. The molecular weight excluding hydrogens is 416 g/mol. The van der Waals surface area contributed by atoms with Crippen molar-refractivity contribution in [2.45, 2.75) is 59.3 Å². The van der Waals surface area contributed by atoms with Crippen molar-refractivity contribution >= 4 is 3.21 Å². The van der Waals surface area contributed by atoms with E-state index in [4.69, 9.17) is 0 Å². The molecule has 3 aliphatic rings. The van der Waals surface area contributed by atoms with E-state index in [0.717, 1.165) is 6.42 Å². The molecule has 0 heterocycles. The summed E-state index contributed by atoms with van der Waals surface area (Å²) in [4.78, 5) is 0. The molecule has 0 aliphatic heterocycles. The Balaban J connectivity index is 0.000000130. The van der Waals surface area contributed by atoms with Crippen LogP contribution in [0.15, 0.2) is 59.7 Å². The second-order valence-electron chi connectivity index (χ2n) is 7.97. The van der Waals surface area contributed by atoms with E-state index >= 15 is 0 Å². The van der Waals surface area contributed by atoms with Gasteiger partial charge in [-0.15, -0.1) is 12.5 Å². The predicted molar refractivity (Wildman–Crippen MR) is 117 cm³/mol. The fourth-order valence-electron chi connectivity index (χ4n) is 3.97. The van der Waals surface area contributed by atoms with Gasteiger partial charge < -0.3 is 0 Å². The van der Waals surface area contributed by atoms with Crippen molar-refractivity contribution in [1.82, 2.24) is 0 Å². The SMILES string of the molecule is CC1=[C-]C(C)C=C1C.[Zr+2]=[C]1CCCCC1.[c-]1cccc2c1Cc1ccccc1-2. The van der Waals surface area contributed by atoms with Crippen LogP contribution in [0.25, 0.3) is 11.1 Å². The van der Waals surface area contributed by atoms with E-state index in [-0.39, 0.29) is 0 Å². The van der Waals surface area contributed by atoms with E-state index < -0.39 is 0 Å². The fraction of sp³-hybridized carbons (Fsp3) is 0.370. The predicted octanol–water partition coefficient (Wildman–Crippen LogP) is 7.06. The summed E-state index contributed by atoms with van der Waals surface area (Å²) in [6.07, 6.45) is 13.9. The number of hydrogen-bond donors (Lipinski definition) is 0. The van der Waals surface area contributed by atoms with Gasteiger partial charge in [0, 0.05) is 0 Å². The molecule has 0 aromatic heterocycles. The number of fused-ring (bicyclic) bond motifs is 3. The second kappa shape index (κ2) is 10.4. The first-order chi connectivity index (χ1) is 13.5. The Morgan fingerprint density at radius 1 is 0.929 bits per heavy atom. The van der Waals surface area contributed by atoms with Gasteiger partial charge in [0.25, 0.3) is 0 Å². The molecule has 1 saturated carbocycles. The van der Waals surface area contributed by atoms with E-state index in [1.54, 1.807) is 27.4 Å². The van der Waals surface area contributed by atoms with Gasteiger partial charge in [-0.1, -0.05) is 55.2 Å². The van der Waals surface area contributed by atoms with Crippen molar-refractivity contribution in [2.24, 2.45) is 5.92 Å². The van der Waals surface area contributed by atoms with E-state index in [9.17, 15) is 0 Å². The average Bonchev–Trinajstić information content (AvgIpc) is 3.22. The maximum Gasteiger partial charge on any atom is -0.0253 e. The third-order valence-corrected chi connectivity index (χ3v) is 6.84. The Hall–Kier alpha value is -1.33. The van der Waals surface area contributed by atoms with Crippen LogP contribution in [0.3, 0.4) is 0 Å². The summed E-state index contributed by atoms with van der Waals surface area (Å²) in [5, 5.41) is 0. The van der Waals surface area contributed by atoms with Gasteiger partial charge in [0.15, 0.2) is 0 Å². The molecule has 0 N–H and O–H groups in total. The molecule has 0 bridgehead atoms. The fourth-order valence-corrected chi connectivity index (χ4v) is 4.84. The molecule has 2 aromatic rings. The maximum atomic E-state index is 3.30. The summed E-state index contributed by atoms with van der Waals surface area (Å²) in [5.41, 5.74) is 8.21. The molecule has 0 nitrogen and oxygen atoms in total. The molecule has 3 aliphatic carbocycles. The first-order valence-corrected chi connectivity index (χ1v) is 11.7. The van der Waals surface area contributed by atoms with Crippen LogP contribution >= 0.6 is 0 Å². The number of rotatable bonds is 0. The van der Waals surface area contributed by atoms with Crippen LogP contribution in [0, 0.1) is 18.1 Å². The summed E-state index contributed by atoms with van der Waals surface area (Å²) < 4.78 is 1.80. The molecule has 1 atom stereocenters. The molecule has 1 unspecified atom stereocenters. The van der Waals surface area contributed by atoms with Crippen LogP contribution in [0.5, 0.6) is 0 Å². The monoisotopic (exact) mass is 444 g/mol. The molecule has 1 heteroatoms.